The SMILES string of the molecule is N#Cc1cccc(NCCCc2ncc[nH]2)c1. The highest BCUT2D eigenvalue weighted by molar-refractivity contribution is 5.48. The topological polar surface area (TPSA) is 64.5 Å². The average Bonchev–Trinajstić information content (AvgIpc) is 2.88. The summed E-state index contributed by atoms with van der Waals surface area (Å²) in [5.41, 5.74) is 1.67. The molecule has 1 aromatic carbocycles. The van der Waals surface area contributed by atoms with E-state index in [1.807, 2.05) is 24.4 Å². The minimum Gasteiger partial charge on any atom is -0.385 e. The molecule has 17 heavy (non-hydrogen) atoms. The maximum atomic E-state index is 8.77. The number of hydrogen-bond acceptors (Lipinski definition) is 3. The molecule has 2 rings (SSSR count). The Morgan fingerprint density at radius 2 is 2.35 bits per heavy atom. The number of aromatic nitrogens is 2. The average molecular weight is 226 g/mol. The summed E-state index contributed by atoms with van der Waals surface area (Å²) in [6.45, 7) is 0.871. The highest BCUT2D eigenvalue weighted by Gasteiger charge is 1.96. The third-order valence-electron chi connectivity index (χ3n) is 2.47. The lowest BCUT2D eigenvalue weighted by Gasteiger charge is -2.05. The molecule has 2 N–H and O–H groups in total. The van der Waals surface area contributed by atoms with E-state index < -0.39 is 0 Å². The lowest BCUT2D eigenvalue weighted by atomic mass is 10.2. The number of nitrogens with one attached hydrogen (secondary N) is 2. The Labute approximate surface area is 100 Å². The first-order chi connectivity index (χ1) is 8.38. The van der Waals surface area contributed by atoms with Crippen molar-refractivity contribution in [2.24, 2.45) is 0 Å². The lowest BCUT2D eigenvalue weighted by molar-refractivity contribution is 0.816. The van der Waals surface area contributed by atoms with E-state index >= 15 is 0 Å². The molecule has 0 fully saturated rings. The van der Waals surface area contributed by atoms with Gasteiger partial charge in [0.1, 0.15) is 5.82 Å². The number of imidazole rings is 1. The second kappa shape index (κ2) is 5.71. The molecule has 0 saturated carbocycles. The third-order valence-corrected chi connectivity index (χ3v) is 2.47. The number of nitriles is 1. The first-order valence-corrected chi connectivity index (χ1v) is 5.61. The van der Waals surface area contributed by atoms with E-state index in [4.69, 9.17) is 5.26 Å². The van der Waals surface area contributed by atoms with E-state index in [1.54, 1.807) is 12.3 Å². The van der Waals surface area contributed by atoms with Crippen molar-refractivity contribution in [3.8, 4) is 6.07 Å². The molecule has 0 spiro atoms. The first kappa shape index (κ1) is 11.2. The zero-order valence-corrected chi connectivity index (χ0v) is 9.48. The maximum Gasteiger partial charge on any atom is 0.106 e. The van der Waals surface area contributed by atoms with Gasteiger partial charge in [-0.15, -0.1) is 0 Å². The van der Waals surface area contributed by atoms with Crippen LogP contribution < -0.4 is 5.32 Å². The van der Waals surface area contributed by atoms with Crippen molar-refractivity contribution in [2.75, 3.05) is 11.9 Å². The van der Waals surface area contributed by atoms with Crippen LogP contribution in [0.4, 0.5) is 5.69 Å². The van der Waals surface area contributed by atoms with Crippen LogP contribution in [0.15, 0.2) is 36.7 Å². The Morgan fingerprint density at radius 1 is 1.41 bits per heavy atom. The standard InChI is InChI=1S/C13H14N4/c14-10-11-3-1-4-12(9-11)15-6-2-5-13-16-7-8-17-13/h1,3-4,7-9,15H,2,5-6H2,(H,16,17). The van der Waals surface area contributed by atoms with Gasteiger partial charge in [-0.1, -0.05) is 6.07 Å². The van der Waals surface area contributed by atoms with Crippen LogP contribution in [-0.2, 0) is 6.42 Å². The molecule has 0 aliphatic carbocycles. The zero-order valence-electron chi connectivity index (χ0n) is 9.48. The van der Waals surface area contributed by atoms with Crippen LogP contribution in [-0.4, -0.2) is 16.5 Å². The summed E-state index contributed by atoms with van der Waals surface area (Å²) in [4.78, 5) is 7.23. The van der Waals surface area contributed by atoms with Crippen molar-refractivity contribution in [2.45, 2.75) is 12.8 Å². The molecular weight excluding hydrogens is 212 g/mol. The zero-order chi connectivity index (χ0) is 11.9. The van der Waals surface area contributed by atoms with Gasteiger partial charge in [-0.3, -0.25) is 0 Å². The fourth-order valence-corrected chi connectivity index (χ4v) is 1.62. The normalized spacial score (nSPS) is 9.82. The van der Waals surface area contributed by atoms with Crippen LogP contribution >= 0.6 is 0 Å². The Morgan fingerprint density at radius 3 is 3.12 bits per heavy atom. The highest BCUT2D eigenvalue weighted by atomic mass is 14.9. The van der Waals surface area contributed by atoms with E-state index in [1.165, 1.54) is 0 Å². The predicted molar refractivity (Wildman–Crippen MR) is 66.6 cm³/mol. The number of hydrogen-bond donors (Lipinski definition) is 2. The van der Waals surface area contributed by atoms with E-state index in [9.17, 15) is 0 Å². The van der Waals surface area contributed by atoms with Crippen molar-refractivity contribution in [3.05, 3.63) is 48.0 Å². The number of nitrogens with zero attached hydrogens (tertiary/aromatic N) is 2. The van der Waals surface area contributed by atoms with Gasteiger partial charge in [-0.05, 0) is 24.6 Å². The lowest BCUT2D eigenvalue weighted by Crippen LogP contribution is -2.03. The van der Waals surface area contributed by atoms with E-state index in [0.717, 1.165) is 30.9 Å². The van der Waals surface area contributed by atoms with Crippen LogP contribution in [0.25, 0.3) is 0 Å². The molecule has 0 saturated heterocycles. The van der Waals surface area contributed by atoms with Crippen LogP contribution in [0, 0.1) is 11.3 Å². The minimum absolute atomic E-state index is 0.682. The molecule has 86 valence electrons. The van der Waals surface area contributed by atoms with Crippen LogP contribution in [0.1, 0.15) is 17.8 Å². The van der Waals surface area contributed by atoms with Crippen molar-refractivity contribution in [3.63, 3.8) is 0 Å². The summed E-state index contributed by atoms with van der Waals surface area (Å²) < 4.78 is 0. The Hall–Kier alpha value is -2.28. The summed E-state index contributed by atoms with van der Waals surface area (Å²) in [7, 11) is 0. The van der Waals surface area contributed by atoms with Crippen molar-refractivity contribution in [1.82, 2.24) is 9.97 Å². The highest BCUT2D eigenvalue weighted by Crippen LogP contribution is 2.09. The van der Waals surface area contributed by atoms with Gasteiger partial charge in [-0.25, -0.2) is 4.98 Å². The number of benzene rings is 1. The number of H-pyrrole nitrogens is 1. The third kappa shape index (κ3) is 3.35. The monoisotopic (exact) mass is 226 g/mol. The molecule has 1 aromatic heterocycles. The number of rotatable bonds is 5. The molecule has 0 bridgehead atoms. The van der Waals surface area contributed by atoms with Gasteiger partial charge in [0.15, 0.2) is 0 Å². The smallest absolute Gasteiger partial charge is 0.106 e. The van der Waals surface area contributed by atoms with E-state index in [0.29, 0.717) is 5.56 Å². The molecule has 0 unspecified atom stereocenters. The van der Waals surface area contributed by atoms with Crippen LogP contribution in [0.5, 0.6) is 0 Å². The maximum absolute atomic E-state index is 8.77. The van der Waals surface area contributed by atoms with Gasteiger partial charge < -0.3 is 10.3 Å². The largest absolute Gasteiger partial charge is 0.385 e. The molecule has 0 aliphatic heterocycles. The van der Waals surface area contributed by atoms with Crippen LogP contribution in [0.2, 0.25) is 0 Å². The fourth-order valence-electron chi connectivity index (χ4n) is 1.62. The second-order valence-electron chi connectivity index (χ2n) is 3.76. The molecular formula is C13H14N4. The number of aromatic amines is 1. The summed E-state index contributed by atoms with van der Waals surface area (Å²) in [5.74, 6) is 1.01. The van der Waals surface area contributed by atoms with Crippen molar-refractivity contribution in [1.29, 1.82) is 5.26 Å². The molecule has 4 heteroatoms. The molecule has 0 amide bonds. The molecule has 0 radical (unpaired) electrons. The predicted octanol–water partition coefficient (Wildman–Crippen LogP) is 2.33. The fraction of sp³-hybridized carbons (Fsp3) is 0.231. The molecule has 4 nitrogen and oxygen atoms in total. The summed E-state index contributed by atoms with van der Waals surface area (Å²) >= 11 is 0. The second-order valence-corrected chi connectivity index (χ2v) is 3.76. The quantitative estimate of drug-likeness (QED) is 0.769. The summed E-state index contributed by atoms with van der Waals surface area (Å²) in [5, 5.41) is 12.1. The van der Waals surface area contributed by atoms with Gasteiger partial charge in [-0.2, -0.15) is 5.26 Å². The number of anilines is 1. The van der Waals surface area contributed by atoms with Gasteiger partial charge >= 0.3 is 0 Å². The Kier molecular flexibility index (Phi) is 3.77. The van der Waals surface area contributed by atoms with Gasteiger partial charge in [0, 0.05) is 31.0 Å². The van der Waals surface area contributed by atoms with Crippen molar-refractivity contribution < 1.29 is 0 Å². The molecule has 0 atom stereocenters. The summed E-state index contributed by atoms with van der Waals surface area (Å²) in [6.07, 6.45) is 5.53. The van der Waals surface area contributed by atoms with Gasteiger partial charge in [0.25, 0.3) is 0 Å². The van der Waals surface area contributed by atoms with Gasteiger partial charge in [0.2, 0.25) is 0 Å². The van der Waals surface area contributed by atoms with Crippen LogP contribution in [0.3, 0.4) is 0 Å². The molecule has 1 heterocycles. The first-order valence-electron chi connectivity index (χ1n) is 5.61. The van der Waals surface area contributed by atoms with Gasteiger partial charge in [0.05, 0.1) is 11.6 Å². The van der Waals surface area contributed by atoms with E-state index in [2.05, 4.69) is 21.4 Å². The Bertz CT molecular complexity index is 496. The molecule has 2 aromatic rings. The number of aryl methyl sites for hydroxylation is 1. The van der Waals surface area contributed by atoms with Crippen molar-refractivity contribution >= 4 is 5.69 Å². The molecule has 0 aliphatic rings. The minimum atomic E-state index is 0.682. The van der Waals surface area contributed by atoms with E-state index in [-0.39, 0.29) is 0 Å². The summed E-state index contributed by atoms with van der Waals surface area (Å²) in [6, 6.07) is 9.63. The Balaban J connectivity index is 1.76.